The summed E-state index contributed by atoms with van der Waals surface area (Å²) in [6.45, 7) is 5.18. The number of hydrogen-bond donors (Lipinski definition) is 1. The van der Waals surface area contributed by atoms with Crippen molar-refractivity contribution in [3.05, 3.63) is 29.8 Å². The Morgan fingerprint density at radius 1 is 1.12 bits per heavy atom. The molecule has 8 heteroatoms. The van der Waals surface area contributed by atoms with Gasteiger partial charge in [0, 0.05) is 38.3 Å². The summed E-state index contributed by atoms with van der Waals surface area (Å²) in [5.41, 5.74) is 1.16. The number of carbonyl (C=O) groups excluding carboxylic acids is 1. The Bertz CT molecular complexity index is 669. The molecule has 2 fully saturated rings. The van der Waals surface area contributed by atoms with E-state index in [0.29, 0.717) is 30.8 Å². The van der Waals surface area contributed by atoms with Crippen molar-refractivity contribution in [1.82, 2.24) is 10.2 Å². The van der Waals surface area contributed by atoms with Gasteiger partial charge < -0.3 is 10.1 Å². The van der Waals surface area contributed by atoms with Crippen LogP contribution in [0.5, 0.6) is 0 Å². The molecule has 1 aromatic carbocycles. The highest BCUT2D eigenvalue weighted by atomic mass is 32.2. The fraction of sp³-hybridized carbons (Fsp3) is 0.562. The van der Waals surface area contributed by atoms with Gasteiger partial charge in [0.2, 0.25) is 10.0 Å². The van der Waals surface area contributed by atoms with E-state index in [1.54, 1.807) is 24.3 Å². The summed E-state index contributed by atoms with van der Waals surface area (Å²) in [5, 5.41) is 2.90. The third kappa shape index (κ3) is 4.06. The van der Waals surface area contributed by atoms with Crippen molar-refractivity contribution in [3.63, 3.8) is 0 Å². The molecule has 2 aliphatic rings. The molecule has 1 aromatic rings. The molecule has 0 saturated carbocycles. The van der Waals surface area contributed by atoms with Crippen LogP contribution >= 0.6 is 0 Å². The van der Waals surface area contributed by atoms with Crippen LogP contribution in [0.15, 0.2) is 24.3 Å². The first-order chi connectivity index (χ1) is 11.6. The number of benzene rings is 1. The molecular formula is C16H23N3O4S. The maximum atomic E-state index is 12.2. The third-order valence-electron chi connectivity index (χ3n) is 4.33. The molecule has 1 amide bonds. The monoisotopic (exact) mass is 353 g/mol. The van der Waals surface area contributed by atoms with Gasteiger partial charge in [-0.3, -0.25) is 14.0 Å². The SMILES string of the molecule is O=C(NCCN1CCOCC1)c1ccc(N2CCCS2(=O)=O)cc1. The minimum Gasteiger partial charge on any atom is -0.379 e. The van der Waals surface area contributed by atoms with Crippen LogP contribution in [0, 0.1) is 0 Å². The molecular weight excluding hydrogens is 330 g/mol. The lowest BCUT2D eigenvalue weighted by atomic mass is 10.2. The summed E-state index contributed by atoms with van der Waals surface area (Å²) in [7, 11) is -3.18. The Balaban J connectivity index is 1.52. The van der Waals surface area contributed by atoms with E-state index in [1.807, 2.05) is 0 Å². The molecule has 2 heterocycles. The maximum absolute atomic E-state index is 12.2. The number of hydrogen-bond acceptors (Lipinski definition) is 5. The fourth-order valence-corrected chi connectivity index (χ4v) is 4.53. The second-order valence-corrected chi connectivity index (χ2v) is 8.01. The molecule has 0 atom stereocenters. The van der Waals surface area contributed by atoms with Crippen LogP contribution in [0.25, 0.3) is 0 Å². The van der Waals surface area contributed by atoms with E-state index in [4.69, 9.17) is 4.74 Å². The van der Waals surface area contributed by atoms with E-state index in [0.717, 1.165) is 32.8 Å². The van der Waals surface area contributed by atoms with Crippen molar-refractivity contribution in [2.45, 2.75) is 6.42 Å². The molecule has 1 N–H and O–H groups in total. The molecule has 0 bridgehead atoms. The quantitative estimate of drug-likeness (QED) is 0.823. The largest absolute Gasteiger partial charge is 0.379 e. The summed E-state index contributed by atoms with van der Waals surface area (Å²) >= 11 is 0. The summed E-state index contributed by atoms with van der Waals surface area (Å²) in [5.74, 6) is 0.0515. The highest BCUT2D eigenvalue weighted by molar-refractivity contribution is 7.93. The average molecular weight is 353 g/mol. The number of amides is 1. The fourth-order valence-electron chi connectivity index (χ4n) is 2.96. The summed E-state index contributed by atoms with van der Waals surface area (Å²) < 4.78 is 30.5. The summed E-state index contributed by atoms with van der Waals surface area (Å²) in [6.07, 6.45) is 0.645. The first-order valence-corrected chi connectivity index (χ1v) is 9.86. The zero-order valence-corrected chi connectivity index (χ0v) is 14.4. The van der Waals surface area contributed by atoms with Crippen LogP contribution in [0.2, 0.25) is 0 Å². The van der Waals surface area contributed by atoms with Crippen molar-refractivity contribution in [2.75, 3.05) is 56.0 Å². The number of anilines is 1. The number of nitrogens with zero attached hydrogens (tertiary/aromatic N) is 2. The molecule has 2 saturated heterocycles. The molecule has 132 valence electrons. The van der Waals surface area contributed by atoms with E-state index in [2.05, 4.69) is 10.2 Å². The first-order valence-electron chi connectivity index (χ1n) is 8.25. The van der Waals surface area contributed by atoms with Crippen molar-refractivity contribution in [2.24, 2.45) is 0 Å². The van der Waals surface area contributed by atoms with Crippen LogP contribution in [0.1, 0.15) is 16.8 Å². The van der Waals surface area contributed by atoms with Crippen molar-refractivity contribution >= 4 is 21.6 Å². The zero-order chi connectivity index (χ0) is 17.0. The summed E-state index contributed by atoms with van der Waals surface area (Å²) in [6, 6.07) is 6.74. The topological polar surface area (TPSA) is 79.0 Å². The first kappa shape index (κ1) is 17.2. The number of carbonyl (C=O) groups is 1. The minimum atomic E-state index is -3.18. The van der Waals surface area contributed by atoms with Crippen LogP contribution in [0.3, 0.4) is 0 Å². The molecule has 0 unspecified atom stereocenters. The second-order valence-electron chi connectivity index (χ2n) is 6.00. The molecule has 3 rings (SSSR count). The number of morpholine rings is 1. The summed E-state index contributed by atoms with van der Waals surface area (Å²) in [4.78, 5) is 14.4. The predicted octanol–water partition coefficient (Wildman–Crippen LogP) is 0.289. The van der Waals surface area contributed by atoms with Crippen LogP contribution in [-0.4, -0.2) is 70.9 Å². The van der Waals surface area contributed by atoms with Gasteiger partial charge >= 0.3 is 0 Å². The van der Waals surface area contributed by atoms with E-state index in [-0.39, 0.29) is 11.7 Å². The Labute approximate surface area is 142 Å². The van der Waals surface area contributed by atoms with Crippen molar-refractivity contribution in [3.8, 4) is 0 Å². The third-order valence-corrected chi connectivity index (χ3v) is 6.20. The maximum Gasteiger partial charge on any atom is 0.251 e. The van der Waals surface area contributed by atoms with Gasteiger partial charge in [-0.15, -0.1) is 0 Å². The smallest absolute Gasteiger partial charge is 0.251 e. The van der Waals surface area contributed by atoms with Crippen molar-refractivity contribution < 1.29 is 17.9 Å². The van der Waals surface area contributed by atoms with E-state index >= 15 is 0 Å². The standard InChI is InChI=1S/C16H23N3O4S/c20-16(17-6-8-18-9-11-23-12-10-18)14-2-4-15(5-3-14)19-7-1-13-24(19,21)22/h2-5H,1,6-13H2,(H,17,20). The predicted molar refractivity (Wildman–Crippen MR) is 91.8 cm³/mol. The van der Waals surface area contributed by atoms with Crippen LogP contribution in [0.4, 0.5) is 5.69 Å². The molecule has 0 spiro atoms. The number of nitrogens with one attached hydrogen (secondary N) is 1. The Morgan fingerprint density at radius 2 is 1.83 bits per heavy atom. The van der Waals surface area contributed by atoms with E-state index in [9.17, 15) is 13.2 Å². The highest BCUT2D eigenvalue weighted by Crippen LogP contribution is 2.24. The van der Waals surface area contributed by atoms with Gasteiger partial charge in [-0.2, -0.15) is 0 Å². The molecule has 0 aromatic heterocycles. The Morgan fingerprint density at radius 3 is 2.46 bits per heavy atom. The number of rotatable bonds is 5. The van der Waals surface area contributed by atoms with E-state index < -0.39 is 10.0 Å². The Hall–Kier alpha value is -1.64. The lowest BCUT2D eigenvalue weighted by Gasteiger charge is -2.26. The van der Waals surface area contributed by atoms with Crippen LogP contribution in [-0.2, 0) is 14.8 Å². The molecule has 2 aliphatic heterocycles. The van der Waals surface area contributed by atoms with Gasteiger partial charge in [-0.05, 0) is 30.7 Å². The molecule has 7 nitrogen and oxygen atoms in total. The average Bonchev–Trinajstić information content (AvgIpc) is 2.95. The number of sulfonamides is 1. The van der Waals surface area contributed by atoms with Crippen LogP contribution < -0.4 is 9.62 Å². The highest BCUT2D eigenvalue weighted by Gasteiger charge is 2.28. The van der Waals surface area contributed by atoms with Gasteiger partial charge in [0.25, 0.3) is 5.91 Å². The van der Waals surface area contributed by atoms with Gasteiger partial charge in [0.05, 0.1) is 24.7 Å². The molecule has 0 radical (unpaired) electrons. The minimum absolute atomic E-state index is 0.140. The van der Waals surface area contributed by atoms with Gasteiger partial charge in [-0.1, -0.05) is 0 Å². The van der Waals surface area contributed by atoms with Gasteiger partial charge in [-0.25, -0.2) is 8.42 Å². The van der Waals surface area contributed by atoms with Gasteiger partial charge in [0.1, 0.15) is 0 Å². The zero-order valence-electron chi connectivity index (χ0n) is 13.6. The Kier molecular flexibility index (Phi) is 5.37. The van der Waals surface area contributed by atoms with Gasteiger partial charge in [0.15, 0.2) is 0 Å². The second kappa shape index (κ2) is 7.50. The van der Waals surface area contributed by atoms with Crippen molar-refractivity contribution in [1.29, 1.82) is 0 Å². The van der Waals surface area contributed by atoms with E-state index in [1.165, 1.54) is 4.31 Å². The lowest BCUT2D eigenvalue weighted by molar-refractivity contribution is 0.0383. The number of ether oxygens (including phenoxy) is 1. The molecule has 0 aliphatic carbocycles. The lowest BCUT2D eigenvalue weighted by Crippen LogP contribution is -2.41. The normalized spacial score (nSPS) is 20.9. The molecule has 24 heavy (non-hydrogen) atoms.